The second-order valence-electron chi connectivity index (χ2n) is 13.5. The maximum atomic E-state index is 6.89. The van der Waals surface area contributed by atoms with Crippen molar-refractivity contribution in [1.82, 2.24) is 0 Å². The highest BCUT2D eigenvalue weighted by atomic mass is 16.3. The van der Waals surface area contributed by atoms with Gasteiger partial charge < -0.3 is 13.3 Å². The van der Waals surface area contributed by atoms with Gasteiger partial charge in [0.2, 0.25) is 0 Å². The fourth-order valence-electron chi connectivity index (χ4n) is 8.68. The molecule has 12 rings (SSSR count). The van der Waals surface area contributed by atoms with Gasteiger partial charge in [-0.15, -0.1) is 0 Å². The third-order valence-electron chi connectivity index (χ3n) is 10.8. The molecule has 3 aromatic heterocycles. The van der Waals surface area contributed by atoms with E-state index in [0.29, 0.717) is 0 Å². The molecule has 3 heterocycles. The molecule has 51 heavy (non-hydrogen) atoms. The van der Waals surface area contributed by atoms with E-state index in [1.54, 1.807) is 0 Å². The van der Waals surface area contributed by atoms with E-state index in [1.165, 1.54) is 32.7 Å². The fourth-order valence-corrected chi connectivity index (χ4v) is 8.68. The van der Waals surface area contributed by atoms with E-state index in [1.807, 2.05) is 24.3 Å². The molecule has 0 aliphatic carbocycles. The highest BCUT2D eigenvalue weighted by Crippen LogP contribution is 2.48. The standard InChI is InChI=1S/C48H26O3/c1-3-14-33-31(12-1)43(27-21-23-30-29-11-7-9-19-39(29)49-41(30)25-27)32-13-2-4-15-34(32)44(33)28-22-24-38-42(26-28)51-48-36-17-6-5-16-35(36)47-45(46(38)48)37-18-8-10-20-40(37)50-47/h1-26H. The van der Waals surface area contributed by atoms with Crippen molar-refractivity contribution in [2.45, 2.75) is 0 Å². The SMILES string of the molecule is c1ccc2c(c1)oc1cc(-c3c4ccccc4c(-c4ccc5c(c4)oc4c6ccccc6c6oc7ccccc7c6c54)c4ccccc34)ccc12. The Hall–Kier alpha value is -6.84. The minimum absolute atomic E-state index is 0.859. The van der Waals surface area contributed by atoms with Crippen LogP contribution in [0.1, 0.15) is 0 Å². The predicted molar refractivity (Wildman–Crippen MR) is 212 cm³/mol. The highest BCUT2D eigenvalue weighted by molar-refractivity contribution is 6.34. The van der Waals surface area contributed by atoms with Crippen molar-refractivity contribution in [3.8, 4) is 22.3 Å². The number of hydrogen-bond donors (Lipinski definition) is 0. The van der Waals surface area contributed by atoms with E-state index in [2.05, 4.69) is 133 Å². The van der Waals surface area contributed by atoms with Crippen LogP contribution in [0.25, 0.3) is 120 Å². The molecule has 12 aromatic rings. The second kappa shape index (κ2) is 9.87. The molecule has 0 unspecified atom stereocenters. The van der Waals surface area contributed by atoms with E-state index >= 15 is 0 Å². The van der Waals surface area contributed by atoms with E-state index in [0.717, 1.165) is 87.7 Å². The number of fused-ring (bicyclic) bond motifs is 15. The molecule has 0 amide bonds. The Morgan fingerprint density at radius 2 is 0.608 bits per heavy atom. The summed E-state index contributed by atoms with van der Waals surface area (Å²) in [4.78, 5) is 0. The van der Waals surface area contributed by atoms with Gasteiger partial charge >= 0.3 is 0 Å². The molecule has 0 fully saturated rings. The number of furan rings is 3. The van der Waals surface area contributed by atoms with Crippen molar-refractivity contribution in [2.24, 2.45) is 0 Å². The van der Waals surface area contributed by atoms with Gasteiger partial charge in [0, 0.05) is 43.1 Å². The first-order chi connectivity index (χ1) is 25.3. The number of para-hydroxylation sites is 2. The van der Waals surface area contributed by atoms with Crippen LogP contribution in [0.15, 0.2) is 171 Å². The third-order valence-corrected chi connectivity index (χ3v) is 10.8. The molecule has 3 nitrogen and oxygen atoms in total. The first-order valence-corrected chi connectivity index (χ1v) is 17.3. The van der Waals surface area contributed by atoms with E-state index < -0.39 is 0 Å². The van der Waals surface area contributed by atoms with Crippen LogP contribution in [0.5, 0.6) is 0 Å². The third kappa shape index (κ3) is 3.62. The van der Waals surface area contributed by atoms with Gasteiger partial charge in [-0.1, -0.05) is 121 Å². The molecule has 0 saturated carbocycles. The summed E-state index contributed by atoms with van der Waals surface area (Å²) in [6.45, 7) is 0. The largest absolute Gasteiger partial charge is 0.456 e. The summed E-state index contributed by atoms with van der Waals surface area (Å²) in [7, 11) is 0. The monoisotopic (exact) mass is 650 g/mol. The van der Waals surface area contributed by atoms with Crippen LogP contribution in [0, 0.1) is 0 Å². The minimum Gasteiger partial charge on any atom is -0.456 e. The van der Waals surface area contributed by atoms with Crippen LogP contribution >= 0.6 is 0 Å². The van der Waals surface area contributed by atoms with E-state index in [9.17, 15) is 0 Å². The van der Waals surface area contributed by atoms with Crippen molar-refractivity contribution in [2.75, 3.05) is 0 Å². The van der Waals surface area contributed by atoms with Gasteiger partial charge in [0.15, 0.2) is 0 Å². The zero-order chi connectivity index (χ0) is 33.2. The smallest absolute Gasteiger partial charge is 0.144 e. The molecule has 0 bridgehead atoms. The number of rotatable bonds is 2. The molecule has 0 N–H and O–H groups in total. The Bertz CT molecular complexity index is 3370. The van der Waals surface area contributed by atoms with Gasteiger partial charge in [0.05, 0.1) is 0 Å². The van der Waals surface area contributed by atoms with Gasteiger partial charge in [0.25, 0.3) is 0 Å². The Morgan fingerprint density at radius 3 is 1.16 bits per heavy atom. The normalized spacial score (nSPS) is 12.3. The minimum atomic E-state index is 0.859. The summed E-state index contributed by atoms with van der Waals surface area (Å²) in [6, 6.07) is 55.9. The molecule has 0 atom stereocenters. The average Bonchev–Trinajstić information content (AvgIpc) is 3.88. The Kier molecular flexibility index (Phi) is 5.23. The summed E-state index contributed by atoms with van der Waals surface area (Å²) in [5, 5.41) is 13.6. The second-order valence-corrected chi connectivity index (χ2v) is 13.5. The predicted octanol–water partition coefficient (Wildman–Crippen LogP) is 14.2. The van der Waals surface area contributed by atoms with Crippen LogP contribution in [0.3, 0.4) is 0 Å². The van der Waals surface area contributed by atoms with Crippen LogP contribution in [-0.2, 0) is 0 Å². The van der Waals surface area contributed by atoms with Crippen molar-refractivity contribution < 1.29 is 13.3 Å². The molecule has 0 spiro atoms. The van der Waals surface area contributed by atoms with Gasteiger partial charge in [0.1, 0.15) is 33.5 Å². The molecule has 236 valence electrons. The molecule has 0 aliphatic heterocycles. The van der Waals surface area contributed by atoms with Crippen molar-refractivity contribution in [3.63, 3.8) is 0 Å². The van der Waals surface area contributed by atoms with Crippen LogP contribution in [-0.4, -0.2) is 0 Å². The summed E-state index contributed by atoms with van der Waals surface area (Å²) < 4.78 is 19.8. The fraction of sp³-hybridized carbons (Fsp3) is 0. The summed E-state index contributed by atoms with van der Waals surface area (Å²) in [6.07, 6.45) is 0. The van der Waals surface area contributed by atoms with E-state index in [-0.39, 0.29) is 0 Å². The van der Waals surface area contributed by atoms with Gasteiger partial charge in [-0.2, -0.15) is 0 Å². The Balaban J connectivity index is 1.15. The number of hydrogen-bond acceptors (Lipinski definition) is 3. The first kappa shape index (κ1) is 27.0. The summed E-state index contributed by atoms with van der Waals surface area (Å²) in [5.74, 6) is 0. The van der Waals surface area contributed by atoms with Gasteiger partial charge in [-0.25, -0.2) is 0 Å². The summed E-state index contributed by atoms with van der Waals surface area (Å²) in [5.41, 5.74) is 9.99. The molecule has 0 aliphatic rings. The van der Waals surface area contributed by atoms with Gasteiger partial charge in [-0.3, -0.25) is 0 Å². The van der Waals surface area contributed by atoms with Crippen LogP contribution in [0.2, 0.25) is 0 Å². The molecule has 0 saturated heterocycles. The molecule has 3 heteroatoms. The lowest BCUT2D eigenvalue weighted by molar-refractivity contribution is 0.668. The summed E-state index contributed by atoms with van der Waals surface area (Å²) >= 11 is 0. The zero-order valence-electron chi connectivity index (χ0n) is 27.2. The Labute approximate surface area is 290 Å². The molecular formula is C48H26O3. The van der Waals surface area contributed by atoms with Crippen molar-refractivity contribution in [1.29, 1.82) is 0 Å². The van der Waals surface area contributed by atoms with Crippen LogP contribution in [0.4, 0.5) is 0 Å². The zero-order valence-corrected chi connectivity index (χ0v) is 27.2. The molecular weight excluding hydrogens is 625 g/mol. The van der Waals surface area contributed by atoms with Gasteiger partial charge in [-0.05, 0) is 80.2 Å². The maximum Gasteiger partial charge on any atom is 0.144 e. The maximum absolute atomic E-state index is 6.89. The van der Waals surface area contributed by atoms with Crippen molar-refractivity contribution >= 4 is 98.1 Å². The molecule has 0 radical (unpaired) electrons. The topological polar surface area (TPSA) is 39.4 Å². The lowest BCUT2D eigenvalue weighted by Gasteiger charge is -2.17. The lowest BCUT2D eigenvalue weighted by Crippen LogP contribution is -1.90. The molecule has 9 aromatic carbocycles. The Morgan fingerprint density at radius 1 is 0.255 bits per heavy atom. The lowest BCUT2D eigenvalue weighted by atomic mass is 9.85. The van der Waals surface area contributed by atoms with Crippen molar-refractivity contribution in [3.05, 3.63) is 158 Å². The quantitative estimate of drug-likeness (QED) is 0.175. The van der Waals surface area contributed by atoms with Crippen LogP contribution < -0.4 is 0 Å². The first-order valence-electron chi connectivity index (χ1n) is 17.3. The number of benzene rings is 9. The van der Waals surface area contributed by atoms with E-state index in [4.69, 9.17) is 13.3 Å². The highest BCUT2D eigenvalue weighted by Gasteiger charge is 2.22. The average molecular weight is 651 g/mol.